The molecule has 0 radical (unpaired) electrons. The molecule has 0 atom stereocenters. The van der Waals surface area contributed by atoms with Gasteiger partial charge in [0.25, 0.3) is 0 Å². The zero-order chi connectivity index (χ0) is 13.8. The van der Waals surface area contributed by atoms with E-state index < -0.39 is 11.6 Å². The highest BCUT2D eigenvalue weighted by atomic mass is 35.5. The maximum Gasteiger partial charge on any atom is 0.185 e. The fraction of sp³-hybridized carbons (Fsp3) is 0. The Kier molecular flexibility index (Phi) is 4.07. The molecule has 0 saturated heterocycles. The van der Waals surface area contributed by atoms with E-state index >= 15 is 0 Å². The molecule has 0 amide bonds. The minimum Gasteiger partial charge on any atom is -0.289 e. The van der Waals surface area contributed by atoms with Crippen molar-refractivity contribution >= 4 is 23.5 Å². The zero-order valence-corrected chi connectivity index (χ0v) is 10.5. The number of carbonyl (C=O) groups excluding carboxylic acids is 1. The molecule has 0 bridgehead atoms. The van der Waals surface area contributed by atoms with Gasteiger partial charge in [0, 0.05) is 16.1 Å². The van der Waals surface area contributed by atoms with Crippen molar-refractivity contribution in [2.24, 2.45) is 0 Å². The normalized spacial score (nSPS) is 10.9. The number of hydrogen-bond acceptors (Lipinski definition) is 1. The first-order valence-electron chi connectivity index (χ1n) is 5.50. The Morgan fingerprint density at radius 1 is 1.00 bits per heavy atom. The molecule has 0 aromatic heterocycles. The molecule has 0 fully saturated rings. The van der Waals surface area contributed by atoms with Gasteiger partial charge in [0.2, 0.25) is 0 Å². The third kappa shape index (κ3) is 3.26. The second-order valence-electron chi connectivity index (χ2n) is 3.84. The van der Waals surface area contributed by atoms with Crippen LogP contribution >= 0.6 is 11.6 Å². The Morgan fingerprint density at radius 3 is 2.16 bits per heavy atom. The predicted octanol–water partition coefficient (Wildman–Crippen LogP) is 4.51. The van der Waals surface area contributed by atoms with Gasteiger partial charge in [-0.1, -0.05) is 17.7 Å². The molecule has 0 aliphatic heterocycles. The first kappa shape index (κ1) is 13.4. The van der Waals surface area contributed by atoms with Gasteiger partial charge >= 0.3 is 0 Å². The van der Waals surface area contributed by atoms with Crippen molar-refractivity contribution < 1.29 is 13.6 Å². The lowest BCUT2D eigenvalue weighted by atomic mass is 10.1. The third-order valence-corrected chi connectivity index (χ3v) is 2.78. The second-order valence-corrected chi connectivity index (χ2v) is 4.28. The molecule has 2 rings (SSSR count). The minimum absolute atomic E-state index is 0.232. The monoisotopic (exact) mass is 278 g/mol. The van der Waals surface area contributed by atoms with Crippen LogP contribution in [0.5, 0.6) is 0 Å². The fourth-order valence-electron chi connectivity index (χ4n) is 1.54. The molecule has 0 aliphatic carbocycles. The SMILES string of the molecule is O=C(C=Cc1c(F)cccc1F)c1ccc(Cl)cc1. The van der Waals surface area contributed by atoms with Crippen molar-refractivity contribution in [2.45, 2.75) is 0 Å². The number of hydrogen-bond donors (Lipinski definition) is 0. The summed E-state index contributed by atoms with van der Waals surface area (Å²) in [7, 11) is 0. The summed E-state index contributed by atoms with van der Waals surface area (Å²) in [4.78, 5) is 11.8. The number of rotatable bonds is 3. The smallest absolute Gasteiger partial charge is 0.185 e. The highest BCUT2D eigenvalue weighted by molar-refractivity contribution is 6.30. The van der Waals surface area contributed by atoms with E-state index in [0.717, 1.165) is 24.3 Å². The summed E-state index contributed by atoms with van der Waals surface area (Å²) in [6.07, 6.45) is 2.26. The van der Waals surface area contributed by atoms with E-state index in [4.69, 9.17) is 11.6 Å². The van der Waals surface area contributed by atoms with Crippen molar-refractivity contribution in [3.05, 3.63) is 76.3 Å². The highest BCUT2D eigenvalue weighted by Gasteiger charge is 2.06. The summed E-state index contributed by atoms with van der Waals surface area (Å²) in [5, 5.41) is 0.515. The summed E-state index contributed by atoms with van der Waals surface area (Å²) < 4.78 is 26.7. The van der Waals surface area contributed by atoms with Crippen LogP contribution in [0.15, 0.2) is 48.5 Å². The number of allylic oxidation sites excluding steroid dienone is 1. The van der Waals surface area contributed by atoms with Crippen molar-refractivity contribution in [1.82, 2.24) is 0 Å². The Hall–Kier alpha value is -2.00. The van der Waals surface area contributed by atoms with E-state index in [9.17, 15) is 13.6 Å². The number of ketones is 1. The second kappa shape index (κ2) is 5.76. The molecule has 0 N–H and O–H groups in total. The quantitative estimate of drug-likeness (QED) is 0.596. The topological polar surface area (TPSA) is 17.1 Å². The Morgan fingerprint density at radius 2 is 1.58 bits per heavy atom. The molecule has 0 saturated carbocycles. The average molecular weight is 279 g/mol. The summed E-state index contributed by atoms with van der Waals surface area (Å²) in [5.74, 6) is -1.76. The number of halogens is 3. The van der Waals surface area contributed by atoms with Crippen LogP contribution < -0.4 is 0 Å². The van der Waals surface area contributed by atoms with Crippen LogP contribution in [0, 0.1) is 11.6 Å². The van der Waals surface area contributed by atoms with Crippen LogP contribution in [0.25, 0.3) is 6.08 Å². The van der Waals surface area contributed by atoms with Gasteiger partial charge in [0.05, 0.1) is 0 Å². The van der Waals surface area contributed by atoms with Crippen LogP contribution in [-0.4, -0.2) is 5.78 Å². The standard InChI is InChI=1S/C15H9ClF2O/c16-11-6-4-10(5-7-11)15(19)9-8-12-13(17)2-1-3-14(12)18/h1-9H. The van der Waals surface area contributed by atoms with E-state index in [1.165, 1.54) is 6.07 Å². The van der Waals surface area contributed by atoms with Crippen LogP contribution in [0.2, 0.25) is 5.02 Å². The van der Waals surface area contributed by atoms with E-state index in [1.807, 2.05) is 0 Å². The summed E-state index contributed by atoms with van der Waals surface area (Å²) >= 11 is 5.70. The molecule has 0 heterocycles. The molecule has 2 aromatic rings. The van der Waals surface area contributed by atoms with Crippen LogP contribution in [0.4, 0.5) is 8.78 Å². The van der Waals surface area contributed by atoms with E-state index in [-0.39, 0.29) is 11.3 Å². The average Bonchev–Trinajstić information content (AvgIpc) is 2.38. The van der Waals surface area contributed by atoms with Gasteiger partial charge in [-0.15, -0.1) is 0 Å². The van der Waals surface area contributed by atoms with Gasteiger partial charge in [-0.2, -0.15) is 0 Å². The van der Waals surface area contributed by atoms with E-state index in [1.54, 1.807) is 24.3 Å². The van der Waals surface area contributed by atoms with Crippen LogP contribution in [0.3, 0.4) is 0 Å². The summed E-state index contributed by atoms with van der Waals surface area (Å²) in [5.41, 5.74) is 0.169. The predicted molar refractivity (Wildman–Crippen MR) is 71.2 cm³/mol. The van der Waals surface area contributed by atoms with Gasteiger partial charge in [-0.3, -0.25) is 4.79 Å². The van der Waals surface area contributed by atoms with Crippen molar-refractivity contribution in [2.75, 3.05) is 0 Å². The molecule has 0 spiro atoms. The van der Waals surface area contributed by atoms with Crippen molar-refractivity contribution in [3.63, 3.8) is 0 Å². The molecular weight excluding hydrogens is 270 g/mol. The molecule has 1 nitrogen and oxygen atoms in total. The largest absolute Gasteiger partial charge is 0.289 e. The fourth-order valence-corrected chi connectivity index (χ4v) is 1.67. The van der Waals surface area contributed by atoms with Gasteiger partial charge < -0.3 is 0 Å². The maximum absolute atomic E-state index is 13.3. The van der Waals surface area contributed by atoms with Crippen molar-refractivity contribution in [3.8, 4) is 0 Å². The molecular formula is C15H9ClF2O. The Bertz CT molecular complexity index is 613. The highest BCUT2D eigenvalue weighted by Crippen LogP contribution is 2.15. The first-order valence-corrected chi connectivity index (χ1v) is 5.88. The maximum atomic E-state index is 13.3. The van der Waals surface area contributed by atoms with E-state index in [0.29, 0.717) is 10.6 Å². The molecule has 2 aromatic carbocycles. The van der Waals surface area contributed by atoms with Gasteiger partial charge in [0.1, 0.15) is 11.6 Å². The third-order valence-electron chi connectivity index (χ3n) is 2.53. The van der Waals surface area contributed by atoms with Crippen LogP contribution in [-0.2, 0) is 0 Å². The molecule has 0 unspecified atom stereocenters. The van der Waals surface area contributed by atoms with E-state index in [2.05, 4.69) is 0 Å². The molecule has 96 valence electrons. The Balaban J connectivity index is 2.23. The molecule has 19 heavy (non-hydrogen) atoms. The van der Waals surface area contributed by atoms with Crippen LogP contribution in [0.1, 0.15) is 15.9 Å². The lowest BCUT2D eigenvalue weighted by Crippen LogP contribution is -1.94. The first-order chi connectivity index (χ1) is 9.08. The van der Waals surface area contributed by atoms with Gasteiger partial charge in [-0.25, -0.2) is 8.78 Å². The summed E-state index contributed by atoms with van der Waals surface area (Å²) in [6, 6.07) is 9.78. The summed E-state index contributed by atoms with van der Waals surface area (Å²) in [6.45, 7) is 0. The minimum atomic E-state index is -0.708. The van der Waals surface area contributed by atoms with Gasteiger partial charge in [0.15, 0.2) is 5.78 Å². The molecule has 4 heteroatoms. The lowest BCUT2D eigenvalue weighted by molar-refractivity contribution is 0.104. The zero-order valence-electron chi connectivity index (χ0n) is 9.74. The van der Waals surface area contributed by atoms with Crippen molar-refractivity contribution in [1.29, 1.82) is 0 Å². The lowest BCUT2D eigenvalue weighted by Gasteiger charge is -1.99. The molecule has 0 aliphatic rings. The Labute approximate surface area is 114 Å². The van der Waals surface area contributed by atoms with Gasteiger partial charge in [-0.05, 0) is 48.6 Å². The number of carbonyl (C=O) groups is 1. The number of benzene rings is 2.